The number of nitriles is 1. The molecule has 1 unspecified atom stereocenters. The average molecular weight is 543 g/mol. The van der Waals surface area contributed by atoms with E-state index in [4.69, 9.17) is 16.6 Å². The lowest BCUT2D eigenvalue weighted by atomic mass is 9.99. The standard InChI is InChI=1S/C29H23ClN4O3S/c1-17-4-7-21(8-5-17)27-15-24(20-9-11-22(30)12-10-20)25(16-31)29(33-27)38-19(3)28(35)32-26-14-23(34(36)37)13-6-18(26)2/h4-15,19H,1-3H3,(H,32,35). The fourth-order valence-electron chi connectivity index (χ4n) is 3.76. The van der Waals surface area contributed by atoms with Crippen LogP contribution in [0.2, 0.25) is 5.02 Å². The predicted octanol–water partition coefficient (Wildman–Crippen LogP) is 7.59. The Morgan fingerprint density at radius 1 is 1.05 bits per heavy atom. The molecular formula is C29H23ClN4O3S. The Kier molecular flexibility index (Phi) is 8.10. The van der Waals surface area contributed by atoms with Crippen molar-refractivity contribution in [3.05, 3.63) is 105 Å². The largest absolute Gasteiger partial charge is 0.325 e. The first-order chi connectivity index (χ1) is 18.2. The number of carbonyl (C=O) groups excluding carboxylic acids is 1. The molecule has 0 saturated carbocycles. The molecule has 1 amide bonds. The molecule has 190 valence electrons. The number of anilines is 1. The number of carbonyl (C=O) groups is 1. The summed E-state index contributed by atoms with van der Waals surface area (Å²) in [6, 6.07) is 23.5. The van der Waals surface area contributed by atoms with Crippen molar-refractivity contribution in [2.75, 3.05) is 5.32 Å². The van der Waals surface area contributed by atoms with Crippen molar-refractivity contribution in [1.82, 2.24) is 4.98 Å². The van der Waals surface area contributed by atoms with E-state index in [-0.39, 0.29) is 11.6 Å². The molecule has 0 aliphatic carbocycles. The molecule has 3 aromatic carbocycles. The third-order valence-corrected chi connectivity index (χ3v) is 7.29. The second-order valence-electron chi connectivity index (χ2n) is 8.73. The molecule has 0 bridgehead atoms. The highest BCUT2D eigenvalue weighted by molar-refractivity contribution is 8.00. The third kappa shape index (κ3) is 6.02. The quantitative estimate of drug-likeness (QED) is 0.146. The molecule has 0 saturated heterocycles. The van der Waals surface area contributed by atoms with Gasteiger partial charge in [0.15, 0.2) is 0 Å². The molecule has 1 atom stereocenters. The van der Waals surface area contributed by atoms with E-state index in [0.717, 1.165) is 28.5 Å². The molecule has 0 aliphatic heterocycles. The second-order valence-corrected chi connectivity index (χ2v) is 10.5. The van der Waals surface area contributed by atoms with Gasteiger partial charge in [0.05, 0.1) is 27.1 Å². The summed E-state index contributed by atoms with van der Waals surface area (Å²) in [7, 11) is 0. The number of benzene rings is 3. The first-order valence-electron chi connectivity index (χ1n) is 11.7. The number of nitro groups is 1. The van der Waals surface area contributed by atoms with Crippen LogP contribution in [-0.4, -0.2) is 21.1 Å². The van der Waals surface area contributed by atoms with Gasteiger partial charge < -0.3 is 5.32 Å². The number of hydrogen-bond acceptors (Lipinski definition) is 6. The molecule has 4 aromatic rings. The van der Waals surface area contributed by atoms with Crippen LogP contribution in [0, 0.1) is 35.3 Å². The summed E-state index contributed by atoms with van der Waals surface area (Å²) in [4.78, 5) is 28.5. The van der Waals surface area contributed by atoms with Crippen LogP contribution in [0.3, 0.4) is 0 Å². The molecule has 0 spiro atoms. The molecule has 4 rings (SSSR count). The van der Waals surface area contributed by atoms with Crippen LogP contribution in [0.1, 0.15) is 23.6 Å². The molecule has 1 heterocycles. The fourth-order valence-corrected chi connectivity index (χ4v) is 4.81. The van der Waals surface area contributed by atoms with E-state index in [1.165, 1.54) is 12.1 Å². The van der Waals surface area contributed by atoms with Gasteiger partial charge in [-0.1, -0.05) is 71.4 Å². The first kappa shape index (κ1) is 26.9. The topological polar surface area (TPSA) is 109 Å². The summed E-state index contributed by atoms with van der Waals surface area (Å²) in [5.74, 6) is -0.363. The van der Waals surface area contributed by atoms with Crippen molar-refractivity contribution >= 4 is 40.6 Å². The minimum absolute atomic E-state index is 0.113. The number of hydrogen-bond donors (Lipinski definition) is 1. The van der Waals surface area contributed by atoms with E-state index < -0.39 is 10.2 Å². The van der Waals surface area contributed by atoms with Gasteiger partial charge in [-0.05, 0) is 50.1 Å². The second kappa shape index (κ2) is 11.5. The number of pyridine rings is 1. The van der Waals surface area contributed by atoms with Crippen molar-refractivity contribution in [3.63, 3.8) is 0 Å². The summed E-state index contributed by atoms with van der Waals surface area (Å²) in [6.45, 7) is 5.46. The van der Waals surface area contributed by atoms with Gasteiger partial charge in [0.2, 0.25) is 5.91 Å². The van der Waals surface area contributed by atoms with Gasteiger partial charge in [-0.2, -0.15) is 5.26 Å². The van der Waals surface area contributed by atoms with Crippen LogP contribution < -0.4 is 5.32 Å². The zero-order chi connectivity index (χ0) is 27.4. The zero-order valence-electron chi connectivity index (χ0n) is 20.9. The molecule has 7 nitrogen and oxygen atoms in total. The Morgan fingerprint density at radius 3 is 2.34 bits per heavy atom. The van der Waals surface area contributed by atoms with Gasteiger partial charge in [0.25, 0.3) is 5.69 Å². The highest BCUT2D eigenvalue weighted by atomic mass is 35.5. The van der Waals surface area contributed by atoms with E-state index in [9.17, 15) is 20.2 Å². The van der Waals surface area contributed by atoms with Gasteiger partial charge in [-0.15, -0.1) is 0 Å². The lowest BCUT2D eigenvalue weighted by Gasteiger charge is -2.16. The number of rotatable bonds is 7. The van der Waals surface area contributed by atoms with Crippen molar-refractivity contribution in [3.8, 4) is 28.5 Å². The number of thioether (sulfide) groups is 1. The van der Waals surface area contributed by atoms with Crippen LogP contribution in [0.5, 0.6) is 0 Å². The number of aryl methyl sites for hydroxylation is 2. The Hall–Kier alpha value is -4.19. The van der Waals surface area contributed by atoms with Crippen LogP contribution in [0.4, 0.5) is 11.4 Å². The summed E-state index contributed by atoms with van der Waals surface area (Å²) >= 11 is 7.25. The monoisotopic (exact) mass is 542 g/mol. The highest BCUT2D eigenvalue weighted by Crippen LogP contribution is 2.36. The number of nitrogens with zero attached hydrogens (tertiary/aromatic N) is 3. The number of nitro benzene ring substituents is 1. The third-order valence-electron chi connectivity index (χ3n) is 5.95. The van der Waals surface area contributed by atoms with Gasteiger partial charge in [0, 0.05) is 28.3 Å². The smallest absolute Gasteiger partial charge is 0.271 e. The number of halogens is 1. The van der Waals surface area contributed by atoms with Crippen molar-refractivity contribution in [2.45, 2.75) is 31.0 Å². The number of non-ortho nitro benzene ring substituents is 1. The summed E-state index contributed by atoms with van der Waals surface area (Å²) in [5.41, 5.74) is 5.42. The SMILES string of the molecule is Cc1ccc(-c2cc(-c3ccc(Cl)cc3)c(C#N)c(SC(C)C(=O)Nc3cc([N+](=O)[O-])ccc3C)n2)cc1. The van der Waals surface area contributed by atoms with Gasteiger partial charge >= 0.3 is 0 Å². The van der Waals surface area contributed by atoms with Crippen molar-refractivity contribution in [2.24, 2.45) is 0 Å². The average Bonchev–Trinajstić information content (AvgIpc) is 2.90. The van der Waals surface area contributed by atoms with E-state index in [1.807, 2.05) is 49.4 Å². The highest BCUT2D eigenvalue weighted by Gasteiger charge is 2.22. The molecule has 9 heteroatoms. The normalized spacial score (nSPS) is 11.4. The van der Waals surface area contributed by atoms with E-state index in [1.54, 1.807) is 32.0 Å². The van der Waals surface area contributed by atoms with Gasteiger partial charge in [-0.25, -0.2) is 4.98 Å². The maximum Gasteiger partial charge on any atom is 0.271 e. The summed E-state index contributed by atoms with van der Waals surface area (Å²) in [6.07, 6.45) is 0. The van der Waals surface area contributed by atoms with Gasteiger partial charge in [0.1, 0.15) is 11.1 Å². The number of nitrogens with one attached hydrogen (secondary N) is 1. The Labute approximate surface area is 229 Å². The predicted molar refractivity (Wildman–Crippen MR) is 151 cm³/mol. The lowest BCUT2D eigenvalue weighted by molar-refractivity contribution is -0.384. The minimum atomic E-state index is -0.653. The molecule has 0 fully saturated rings. The van der Waals surface area contributed by atoms with Crippen LogP contribution in [0.15, 0.2) is 77.8 Å². The Balaban J connectivity index is 1.72. The zero-order valence-corrected chi connectivity index (χ0v) is 22.4. The van der Waals surface area contributed by atoms with E-state index in [0.29, 0.717) is 38.1 Å². The molecular weight excluding hydrogens is 520 g/mol. The minimum Gasteiger partial charge on any atom is -0.325 e. The van der Waals surface area contributed by atoms with E-state index in [2.05, 4.69) is 11.4 Å². The van der Waals surface area contributed by atoms with Crippen LogP contribution >= 0.6 is 23.4 Å². The molecule has 1 aromatic heterocycles. The van der Waals surface area contributed by atoms with Gasteiger partial charge in [-0.3, -0.25) is 14.9 Å². The van der Waals surface area contributed by atoms with Crippen LogP contribution in [-0.2, 0) is 4.79 Å². The molecule has 0 aliphatic rings. The fraction of sp³-hybridized carbons (Fsp3) is 0.138. The maximum absolute atomic E-state index is 13.1. The van der Waals surface area contributed by atoms with Crippen molar-refractivity contribution in [1.29, 1.82) is 5.26 Å². The maximum atomic E-state index is 13.1. The summed E-state index contributed by atoms with van der Waals surface area (Å²) in [5, 5.41) is 24.4. The Bertz CT molecular complexity index is 1560. The Morgan fingerprint density at radius 2 is 1.71 bits per heavy atom. The number of amides is 1. The number of aromatic nitrogens is 1. The van der Waals surface area contributed by atoms with Crippen molar-refractivity contribution < 1.29 is 9.72 Å². The van der Waals surface area contributed by atoms with Crippen LogP contribution in [0.25, 0.3) is 22.4 Å². The van der Waals surface area contributed by atoms with E-state index >= 15 is 0 Å². The molecule has 1 N–H and O–H groups in total. The lowest BCUT2D eigenvalue weighted by Crippen LogP contribution is -2.23. The molecule has 0 radical (unpaired) electrons. The first-order valence-corrected chi connectivity index (χ1v) is 12.9. The molecule has 38 heavy (non-hydrogen) atoms. The summed E-state index contributed by atoms with van der Waals surface area (Å²) < 4.78 is 0.